The molecule has 3 atom stereocenters. The first-order valence-electron chi connectivity index (χ1n) is 9.71. The fourth-order valence-electron chi connectivity index (χ4n) is 3.96. The van der Waals surface area contributed by atoms with E-state index in [4.69, 9.17) is 19.4 Å². The van der Waals surface area contributed by atoms with Crippen molar-refractivity contribution in [3.63, 3.8) is 0 Å². The van der Waals surface area contributed by atoms with Gasteiger partial charge in [-0.05, 0) is 37.8 Å². The lowest BCUT2D eigenvalue weighted by atomic mass is 10.0. The molecule has 2 fully saturated rings. The summed E-state index contributed by atoms with van der Waals surface area (Å²) in [6.07, 6.45) is 6.20. The number of pyridine rings is 1. The van der Waals surface area contributed by atoms with Gasteiger partial charge in [-0.25, -0.2) is 4.79 Å². The molecule has 164 valence electrons. The van der Waals surface area contributed by atoms with Gasteiger partial charge in [0.1, 0.15) is 18.0 Å². The largest absolute Gasteiger partial charge is 0.490 e. The fourth-order valence-corrected chi connectivity index (χ4v) is 3.96. The van der Waals surface area contributed by atoms with Crippen LogP contribution in [-0.4, -0.2) is 64.4 Å². The van der Waals surface area contributed by atoms with E-state index < -0.39 is 12.1 Å². The van der Waals surface area contributed by atoms with Gasteiger partial charge in [-0.15, -0.1) is 0 Å². The highest BCUT2D eigenvalue weighted by Crippen LogP contribution is 2.34. The molecule has 10 heteroatoms. The van der Waals surface area contributed by atoms with E-state index >= 15 is 0 Å². The normalized spacial score (nSPS) is 26.0. The number of carbonyl (C=O) groups is 2. The van der Waals surface area contributed by atoms with Gasteiger partial charge in [-0.1, -0.05) is 12.2 Å². The molecule has 30 heavy (non-hydrogen) atoms. The summed E-state index contributed by atoms with van der Waals surface area (Å²) in [5, 5.41) is 7.12. The summed E-state index contributed by atoms with van der Waals surface area (Å²) in [6, 6.07) is 3.93. The van der Waals surface area contributed by atoms with Crippen LogP contribution in [-0.2, 0) is 14.3 Å². The molecule has 4 rings (SSSR count). The number of ether oxygens (including phenoxy) is 2. The number of hydrogen-bond acceptors (Lipinski definition) is 5. The molecule has 0 aromatic carbocycles. The van der Waals surface area contributed by atoms with Crippen molar-refractivity contribution >= 4 is 11.9 Å². The van der Waals surface area contributed by atoms with E-state index in [-0.39, 0.29) is 30.1 Å². The number of halogens is 3. The zero-order chi connectivity index (χ0) is 21.7. The van der Waals surface area contributed by atoms with Crippen molar-refractivity contribution in [2.24, 2.45) is 5.92 Å². The van der Waals surface area contributed by atoms with Crippen LogP contribution in [0.25, 0.3) is 0 Å². The Morgan fingerprint density at radius 2 is 1.93 bits per heavy atom. The minimum atomic E-state index is -5.08. The number of aromatic nitrogens is 1. The zero-order valence-electron chi connectivity index (χ0n) is 16.1. The highest BCUT2D eigenvalue weighted by Gasteiger charge is 2.46. The molecule has 1 aromatic heterocycles. The first-order chi connectivity index (χ1) is 14.3. The topological polar surface area (TPSA) is 89.0 Å². The molecular formula is C20H23F3N2O5. The molecule has 2 aliphatic carbocycles. The molecule has 1 aliphatic heterocycles. The third kappa shape index (κ3) is 5.29. The summed E-state index contributed by atoms with van der Waals surface area (Å²) in [6.45, 7) is 1.30. The maximum atomic E-state index is 12.8. The van der Waals surface area contributed by atoms with Crippen molar-refractivity contribution in [1.82, 2.24) is 9.88 Å². The molecule has 1 N–H and O–H groups in total. The molecule has 3 aliphatic rings. The van der Waals surface area contributed by atoms with E-state index in [0.717, 1.165) is 31.4 Å². The molecule has 1 saturated carbocycles. The molecule has 0 bridgehead atoms. The molecule has 0 unspecified atom stereocenters. The maximum Gasteiger partial charge on any atom is 0.490 e. The Morgan fingerprint density at radius 1 is 1.23 bits per heavy atom. The Kier molecular flexibility index (Phi) is 6.96. The Hall–Kier alpha value is -2.62. The summed E-state index contributed by atoms with van der Waals surface area (Å²) < 4.78 is 43.8. The minimum absolute atomic E-state index is 0.00139. The lowest BCUT2D eigenvalue weighted by molar-refractivity contribution is -0.192. The summed E-state index contributed by atoms with van der Waals surface area (Å²) in [5.74, 6) is -1.57. The number of morpholine rings is 1. The van der Waals surface area contributed by atoms with Crippen molar-refractivity contribution in [3.8, 4) is 5.75 Å². The van der Waals surface area contributed by atoms with Crippen molar-refractivity contribution < 1.29 is 37.3 Å². The smallest absolute Gasteiger partial charge is 0.486 e. The van der Waals surface area contributed by atoms with Crippen molar-refractivity contribution in [2.45, 2.75) is 50.1 Å². The van der Waals surface area contributed by atoms with Gasteiger partial charge in [-0.2, -0.15) is 13.2 Å². The number of carbonyl (C=O) groups excluding carboxylic acids is 1. The van der Waals surface area contributed by atoms with Crippen molar-refractivity contribution in [2.75, 3.05) is 13.2 Å². The predicted molar refractivity (Wildman–Crippen MR) is 98.7 cm³/mol. The highest BCUT2D eigenvalue weighted by atomic mass is 19.4. The summed E-state index contributed by atoms with van der Waals surface area (Å²) in [4.78, 5) is 27.8. The number of rotatable bonds is 3. The number of amides is 1. The molecule has 7 nitrogen and oxygen atoms in total. The van der Waals surface area contributed by atoms with Crippen LogP contribution >= 0.6 is 0 Å². The molecule has 2 heterocycles. The molecule has 0 radical (unpaired) electrons. The standard InChI is InChI=1S/C18H22N2O3.C2HF3O2/c21-18(13-4-1-2-5-13)20-10-11-22-17-15(20)7-8-16(17)23-14-6-3-9-19-12-14;3-2(4,5)1(6)7/h1-3,6,9,12-13,15-17H,4-5,7-8,10-11H2;(H,6,7)/t15-,16-,17+;/m0./s1. The second-order valence-corrected chi connectivity index (χ2v) is 7.30. The van der Waals surface area contributed by atoms with Crippen molar-refractivity contribution in [3.05, 3.63) is 36.7 Å². The van der Waals surface area contributed by atoms with E-state index in [0.29, 0.717) is 13.2 Å². The number of aliphatic carboxylic acids is 1. The van der Waals surface area contributed by atoms with Crippen molar-refractivity contribution in [1.29, 1.82) is 0 Å². The number of nitrogens with zero attached hydrogens (tertiary/aromatic N) is 2. The number of hydrogen-bond donors (Lipinski definition) is 1. The van der Waals surface area contributed by atoms with Crippen LogP contribution in [0, 0.1) is 5.92 Å². The highest BCUT2D eigenvalue weighted by molar-refractivity contribution is 5.80. The van der Waals surface area contributed by atoms with Gasteiger partial charge in [0.2, 0.25) is 5.91 Å². The Labute approximate surface area is 171 Å². The van der Waals surface area contributed by atoms with E-state index in [2.05, 4.69) is 22.0 Å². The lowest BCUT2D eigenvalue weighted by Crippen LogP contribution is -2.55. The summed E-state index contributed by atoms with van der Waals surface area (Å²) in [7, 11) is 0. The average Bonchev–Trinajstić information content (AvgIpc) is 3.38. The second-order valence-electron chi connectivity index (χ2n) is 7.30. The van der Waals surface area contributed by atoms with Crippen LogP contribution in [0.15, 0.2) is 36.7 Å². The van der Waals surface area contributed by atoms with Crippen LogP contribution < -0.4 is 4.74 Å². The fraction of sp³-hybridized carbons (Fsp3) is 0.550. The summed E-state index contributed by atoms with van der Waals surface area (Å²) in [5.41, 5.74) is 0. The Morgan fingerprint density at radius 3 is 2.53 bits per heavy atom. The lowest BCUT2D eigenvalue weighted by Gasteiger charge is -2.40. The summed E-state index contributed by atoms with van der Waals surface area (Å²) >= 11 is 0. The van der Waals surface area contributed by atoms with Crippen LogP contribution in [0.5, 0.6) is 5.75 Å². The molecule has 1 aromatic rings. The van der Waals surface area contributed by atoms with Gasteiger partial charge in [0.15, 0.2) is 0 Å². The van der Waals surface area contributed by atoms with E-state index in [9.17, 15) is 18.0 Å². The van der Waals surface area contributed by atoms with Gasteiger partial charge in [0, 0.05) is 18.7 Å². The Balaban J connectivity index is 0.000000318. The molecule has 1 amide bonds. The average molecular weight is 428 g/mol. The molecular weight excluding hydrogens is 405 g/mol. The third-order valence-electron chi connectivity index (χ3n) is 5.34. The van der Waals surface area contributed by atoms with Crippen LogP contribution in [0.2, 0.25) is 0 Å². The zero-order valence-corrected chi connectivity index (χ0v) is 16.1. The van der Waals surface area contributed by atoms with Gasteiger partial charge < -0.3 is 19.5 Å². The monoisotopic (exact) mass is 428 g/mol. The maximum absolute atomic E-state index is 12.8. The van der Waals surface area contributed by atoms with Crippen LogP contribution in [0.1, 0.15) is 25.7 Å². The molecule has 0 spiro atoms. The van der Waals surface area contributed by atoms with Gasteiger partial charge >= 0.3 is 12.1 Å². The number of alkyl halides is 3. The van der Waals surface area contributed by atoms with Crippen LogP contribution in [0.3, 0.4) is 0 Å². The van der Waals surface area contributed by atoms with Gasteiger partial charge in [-0.3, -0.25) is 9.78 Å². The number of carboxylic acid groups (broad SMARTS) is 1. The van der Waals surface area contributed by atoms with Gasteiger partial charge in [0.05, 0.1) is 18.8 Å². The SMILES string of the molecule is O=C(C1CC=CC1)N1CCO[C@H]2[C@@H](Oc3cccnc3)CC[C@@H]21.O=C(O)C(F)(F)F. The van der Waals surface area contributed by atoms with Gasteiger partial charge in [0.25, 0.3) is 0 Å². The van der Waals surface area contributed by atoms with E-state index in [1.54, 1.807) is 12.4 Å². The first-order valence-corrected chi connectivity index (χ1v) is 9.71. The van der Waals surface area contributed by atoms with E-state index in [1.807, 2.05) is 12.1 Å². The number of carboxylic acids is 1. The molecule has 1 saturated heterocycles. The minimum Gasteiger partial charge on any atom is -0.486 e. The van der Waals surface area contributed by atoms with E-state index in [1.165, 1.54) is 0 Å². The third-order valence-corrected chi connectivity index (χ3v) is 5.34. The number of fused-ring (bicyclic) bond motifs is 1. The number of allylic oxidation sites excluding steroid dienone is 2. The second kappa shape index (κ2) is 9.46. The first kappa shape index (κ1) is 22.1. The van der Waals surface area contributed by atoms with Crippen LogP contribution in [0.4, 0.5) is 13.2 Å². The quantitative estimate of drug-likeness (QED) is 0.745. The predicted octanol–water partition coefficient (Wildman–Crippen LogP) is 2.82. The Bertz CT molecular complexity index is 763.